The number of amides is 1. The lowest BCUT2D eigenvalue weighted by Gasteiger charge is -2.10. The van der Waals surface area contributed by atoms with Crippen LogP contribution >= 0.6 is 23.4 Å². The van der Waals surface area contributed by atoms with Crippen LogP contribution in [0.25, 0.3) is 0 Å². The van der Waals surface area contributed by atoms with Gasteiger partial charge < -0.3 is 10.1 Å². The molecular formula is C17H18ClNO2S. The second kappa shape index (κ2) is 8.11. The molecule has 116 valence electrons. The number of benzene rings is 2. The van der Waals surface area contributed by atoms with Gasteiger partial charge in [-0.2, -0.15) is 0 Å². The van der Waals surface area contributed by atoms with Crippen molar-refractivity contribution in [2.24, 2.45) is 0 Å². The van der Waals surface area contributed by atoms with Gasteiger partial charge in [0, 0.05) is 16.5 Å². The SMILES string of the molecule is COc1cc(SC)ccc1C(=O)NCCc1ccc(Cl)cc1. The van der Waals surface area contributed by atoms with Crippen LogP contribution in [0.5, 0.6) is 5.75 Å². The van der Waals surface area contributed by atoms with E-state index in [1.54, 1.807) is 24.9 Å². The molecule has 0 fully saturated rings. The average Bonchev–Trinajstić information content (AvgIpc) is 2.55. The molecule has 0 saturated heterocycles. The summed E-state index contributed by atoms with van der Waals surface area (Å²) in [5.41, 5.74) is 1.69. The zero-order valence-electron chi connectivity index (χ0n) is 12.6. The molecule has 0 bridgehead atoms. The van der Waals surface area contributed by atoms with Crippen LogP contribution in [-0.4, -0.2) is 25.8 Å². The molecule has 22 heavy (non-hydrogen) atoms. The van der Waals surface area contributed by atoms with E-state index in [2.05, 4.69) is 5.32 Å². The second-order valence-electron chi connectivity index (χ2n) is 4.70. The van der Waals surface area contributed by atoms with Crippen molar-refractivity contribution >= 4 is 29.3 Å². The summed E-state index contributed by atoms with van der Waals surface area (Å²) in [5.74, 6) is 0.467. The van der Waals surface area contributed by atoms with Gasteiger partial charge in [-0.15, -0.1) is 11.8 Å². The number of carbonyl (C=O) groups is 1. The maximum Gasteiger partial charge on any atom is 0.255 e. The molecule has 3 nitrogen and oxygen atoms in total. The number of methoxy groups -OCH3 is 1. The molecule has 1 N–H and O–H groups in total. The molecule has 0 saturated carbocycles. The van der Waals surface area contributed by atoms with E-state index in [0.717, 1.165) is 16.9 Å². The van der Waals surface area contributed by atoms with Gasteiger partial charge in [0.05, 0.1) is 12.7 Å². The zero-order valence-corrected chi connectivity index (χ0v) is 14.1. The largest absolute Gasteiger partial charge is 0.496 e. The maximum absolute atomic E-state index is 12.2. The fourth-order valence-corrected chi connectivity index (χ4v) is 2.61. The molecule has 0 heterocycles. The third kappa shape index (κ3) is 4.42. The first-order valence-corrected chi connectivity index (χ1v) is 8.49. The highest BCUT2D eigenvalue weighted by atomic mass is 35.5. The van der Waals surface area contributed by atoms with E-state index in [1.807, 2.05) is 42.7 Å². The zero-order chi connectivity index (χ0) is 15.9. The molecular weight excluding hydrogens is 318 g/mol. The van der Waals surface area contributed by atoms with Crippen molar-refractivity contribution in [1.29, 1.82) is 0 Å². The predicted molar refractivity (Wildman–Crippen MR) is 92.3 cm³/mol. The number of rotatable bonds is 6. The van der Waals surface area contributed by atoms with Crippen molar-refractivity contribution in [3.05, 3.63) is 58.6 Å². The molecule has 0 aliphatic heterocycles. The summed E-state index contributed by atoms with van der Waals surface area (Å²) in [7, 11) is 1.57. The number of hydrogen-bond donors (Lipinski definition) is 1. The van der Waals surface area contributed by atoms with E-state index < -0.39 is 0 Å². The lowest BCUT2D eigenvalue weighted by molar-refractivity contribution is 0.0951. The van der Waals surface area contributed by atoms with E-state index in [9.17, 15) is 4.79 Å². The van der Waals surface area contributed by atoms with E-state index in [4.69, 9.17) is 16.3 Å². The van der Waals surface area contributed by atoms with E-state index in [-0.39, 0.29) is 5.91 Å². The van der Waals surface area contributed by atoms with Gasteiger partial charge in [-0.05, 0) is 48.6 Å². The minimum atomic E-state index is -0.126. The van der Waals surface area contributed by atoms with Crippen molar-refractivity contribution in [2.45, 2.75) is 11.3 Å². The van der Waals surface area contributed by atoms with Crippen LogP contribution in [0.15, 0.2) is 47.4 Å². The number of nitrogens with one attached hydrogen (secondary N) is 1. The highest BCUT2D eigenvalue weighted by Crippen LogP contribution is 2.25. The van der Waals surface area contributed by atoms with Crippen LogP contribution in [-0.2, 0) is 6.42 Å². The van der Waals surface area contributed by atoms with Crippen LogP contribution in [0.2, 0.25) is 5.02 Å². The maximum atomic E-state index is 12.2. The fourth-order valence-electron chi connectivity index (χ4n) is 2.05. The van der Waals surface area contributed by atoms with Crippen molar-refractivity contribution < 1.29 is 9.53 Å². The third-order valence-corrected chi connectivity index (χ3v) is 4.24. The summed E-state index contributed by atoms with van der Waals surface area (Å²) in [6.07, 6.45) is 2.74. The minimum absolute atomic E-state index is 0.126. The number of halogens is 1. The number of hydrogen-bond acceptors (Lipinski definition) is 3. The van der Waals surface area contributed by atoms with E-state index >= 15 is 0 Å². The van der Waals surface area contributed by atoms with Gasteiger partial charge in [0.2, 0.25) is 0 Å². The van der Waals surface area contributed by atoms with Crippen LogP contribution < -0.4 is 10.1 Å². The average molecular weight is 336 g/mol. The standard InChI is InChI=1S/C17H18ClNO2S/c1-21-16-11-14(22-2)7-8-15(16)17(20)19-10-9-12-3-5-13(18)6-4-12/h3-8,11H,9-10H2,1-2H3,(H,19,20). The Morgan fingerprint density at radius 1 is 1.23 bits per heavy atom. The summed E-state index contributed by atoms with van der Waals surface area (Å²) in [4.78, 5) is 13.3. The molecule has 0 radical (unpaired) electrons. The Hall–Kier alpha value is -1.65. The quantitative estimate of drug-likeness (QED) is 0.809. The Balaban J connectivity index is 1.96. The molecule has 1 amide bonds. The lowest BCUT2D eigenvalue weighted by atomic mass is 10.1. The van der Waals surface area contributed by atoms with Gasteiger partial charge in [-0.3, -0.25) is 4.79 Å². The summed E-state index contributed by atoms with van der Waals surface area (Å²) < 4.78 is 5.30. The molecule has 2 aromatic rings. The first-order valence-electron chi connectivity index (χ1n) is 6.88. The highest BCUT2D eigenvalue weighted by molar-refractivity contribution is 7.98. The van der Waals surface area contributed by atoms with Crippen molar-refractivity contribution in [3.63, 3.8) is 0 Å². The summed E-state index contributed by atoms with van der Waals surface area (Å²) in [6.45, 7) is 0.563. The first kappa shape index (κ1) is 16.7. The summed E-state index contributed by atoms with van der Waals surface area (Å²) in [5, 5.41) is 3.63. The summed E-state index contributed by atoms with van der Waals surface area (Å²) in [6, 6.07) is 13.2. The molecule has 0 spiro atoms. The Bertz CT molecular complexity index is 644. The monoisotopic (exact) mass is 335 g/mol. The number of ether oxygens (including phenoxy) is 1. The molecule has 0 aliphatic rings. The molecule has 5 heteroatoms. The van der Waals surface area contributed by atoms with Gasteiger partial charge >= 0.3 is 0 Å². The summed E-state index contributed by atoms with van der Waals surface area (Å²) >= 11 is 7.46. The van der Waals surface area contributed by atoms with E-state index in [0.29, 0.717) is 22.9 Å². The van der Waals surface area contributed by atoms with Crippen molar-refractivity contribution in [3.8, 4) is 5.75 Å². The van der Waals surface area contributed by atoms with Gasteiger partial charge in [0.15, 0.2) is 0 Å². The Labute approximate surface area is 140 Å². The fraction of sp³-hybridized carbons (Fsp3) is 0.235. The van der Waals surface area contributed by atoms with Crippen LogP contribution in [0.1, 0.15) is 15.9 Å². The molecule has 0 atom stereocenters. The molecule has 0 aromatic heterocycles. The third-order valence-electron chi connectivity index (χ3n) is 3.27. The topological polar surface area (TPSA) is 38.3 Å². The Morgan fingerprint density at radius 3 is 2.59 bits per heavy atom. The molecule has 2 rings (SSSR count). The number of thioether (sulfide) groups is 1. The van der Waals surface area contributed by atoms with Gasteiger partial charge in [-0.1, -0.05) is 23.7 Å². The van der Waals surface area contributed by atoms with Gasteiger partial charge in [0.25, 0.3) is 5.91 Å². The normalized spacial score (nSPS) is 10.3. The Morgan fingerprint density at radius 2 is 1.95 bits per heavy atom. The highest BCUT2D eigenvalue weighted by Gasteiger charge is 2.12. The van der Waals surface area contributed by atoms with Crippen molar-refractivity contribution in [2.75, 3.05) is 19.9 Å². The van der Waals surface area contributed by atoms with Crippen LogP contribution in [0, 0.1) is 0 Å². The van der Waals surface area contributed by atoms with Crippen LogP contribution in [0.3, 0.4) is 0 Å². The molecule has 0 aliphatic carbocycles. The van der Waals surface area contributed by atoms with Crippen LogP contribution in [0.4, 0.5) is 0 Å². The predicted octanol–water partition coefficient (Wildman–Crippen LogP) is 4.04. The lowest BCUT2D eigenvalue weighted by Crippen LogP contribution is -2.26. The van der Waals surface area contributed by atoms with Gasteiger partial charge in [-0.25, -0.2) is 0 Å². The second-order valence-corrected chi connectivity index (χ2v) is 6.01. The number of carbonyl (C=O) groups excluding carboxylic acids is 1. The van der Waals surface area contributed by atoms with E-state index in [1.165, 1.54) is 0 Å². The Kier molecular flexibility index (Phi) is 6.16. The molecule has 2 aromatic carbocycles. The minimum Gasteiger partial charge on any atom is -0.496 e. The van der Waals surface area contributed by atoms with Gasteiger partial charge in [0.1, 0.15) is 5.75 Å². The molecule has 0 unspecified atom stereocenters. The first-order chi connectivity index (χ1) is 10.6. The smallest absolute Gasteiger partial charge is 0.255 e. The van der Waals surface area contributed by atoms with Crippen molar-refractivity contribution in [1.82, 2.24) is 5.32 Å².